The number of amidine groups is 1. The summed E-state index contributed by atoms with van der Waals surface area (Å²) in [6.07, 6.45) is -2.45. The van der Waals surface area contributed by atoms with Crippen molar-refractivity contribution in [3.05, 3.63) is 29.8 Å². The molecular formula is C16H22F3N3. The third kappa shape index (κ3) is 4.73. The van der Waals surface area contributed by atoms with E-state index in [1.54, 1.807) is 6.07 Å². The number of anilines is 1. The van der Waals surface area contributed by atoms with Crippen molar-refractivity contribution in [3.8, 4) is 0 Å². The Hall–Kier alpha value is -1.56. The molecule has 0 amide bonds. The Morgan fingerprint density at radius 2 is 1.95 bits per heavy atom. The number of hydrogen-bond donors (Lipinski definition) is 2. The van der Waals surface area contributed by atoms with Gasteiger partial charge >= 0.3 is 6.18 Å². The van der Waals surface area contributed by atoms with Crippen molar-refractivity contribution in [3.63, 3.8) is 0 Å². The highest BCUT2D eigenvalue weighted by molar-refractivity contribution is 5.97. The molecule has 6 heteroatoms. The van der Waals surface area contributed by atoms with Gasteiger partial charge in [0, 0.05) is 17.6 Å². The molecule has 1 aromatic carbocycles. The lowest BCUT2D eigenvalue weighted by molar-refractivity contribution is -0.137. The number of nitrogens with one attached hydrogen (secondary N) is 2. The molecule has 2 N–H and O–H groups in total. The maximum Gasteiger partial charge on any atom is 0.416 e. The minimum absolute atomic E-state index is 0.100. The molecule has 1 saturated heterocycles. The summed E-state index contributed by atoms with van der Waals surface area (Å²) >= 11 is 0. The Bertz CT molecular complexity index is 518. The number of aliphatic imine (C=N–C) groups is 1. The second-order valence-electron chi connectivity index (χ2n) is 5.84. The molecule has 2 rings (SSSR count). The molecule has 1 aliphatic rings. The number of hydrogen-bond acceptors (Lipinski definition) is 2. The van der Waals surface area contributed by atoms with Crippen LogP contribution in [0.15, 0.2) is 29.3 Å². The van der Waals surface area contributed by atoms with Crippen molar-refractivity contribution >= 4 is 11.5 Å². The fourth-order valence-corrected chi connectivity index (χ4v) is 2.53. The molecule has 1 fully saturated rings. The van der Waals surface area contributed by atoms with E-state index in [1.807, 2.05) is 13.8 Å². The Labute approximate surface area is 129 Å². The Balaban J connectivity index is 2.20. The maximum atomic E-state index is 12.8. The number of alkyl halides is 3. The van der Waals surface area contributed by atoms with Gasteiger partial charge in [0.2, 0.25) is 0 Å². The van der Waals surface area contributed by atoms with Crippen molar-refractivity contribution in [2.24, 2.45) is 10.9 Å². The molecule has 122 valence electrons. The van der Waals surface area contributed by atoms with Gasteiger partial charge in [0.15, 0.2) is 0 Å². The molecule has 3 nitrogen and oxygen atoms in total. The second-order valence-corrected chi connectivity index (χ2v) is 5.84. The summed E-state index contributed by atoms with van der Waals surface area (Å²) in [4.78, 5) is 4.58. The van der Waals surface area contributed by atoms with Crippen LogP contribution in [0.1, 0.15) is 32.3 Å². The fourth-order valence-electron chi connectivity index (χ4n) is 2.53. The quantitative estimate of drug-likeness (QED) is 0.655. The van der Waals surface area contributed by atoms with Gasteiger partial charge < -0.3 is 10.6 Å². The highest BCUT2D eigenvalue weighted by Gasteiger charge is 2.30. The third-order valence-electron chi connectivity index (χ3n) is 3.59. The van der Waals surface area contributed by atoms with Crippen LogP contribution in [0.3, 0.4) is 0 Å². The van der Waals surface area contributed by atoms with Crippen molar-refractivity contribution in [2.45, 2.75) is 38.9 Å². The van der Waals surface area contributed by atoms with Gasteiger partial charge in [0.1, 0.15) is 5.84 Å². The zero-order valence-corrected chi connectivity index (χ0v) is 12.9. The van der Waals surface area contributed by atoms with Gasteiger partial charge in [-0.3, -0.25) is 4.99 Å². The van der Waals surface area contributed by atoms with Crippen LogP contribution in [-0.2, 0) is 6.18 Å². The molecule has 1 aliphatic heterocycles. The summed E-state index contributed by atoms with van der Waals surface area (Å²) < 4.78 is 38.4. The van der Waals surface area contributed by atoms with Crippen LogP contribution < -0.4 is 10.6 Å². The van der Waals surface area contributed by atoms with E-state index < -0.39 is 11.7 Å². The van der Waals surface area contributed by atoms with E-state index >= 15 is 0 Å². The number of benzene rings is 1. The highest BCUT2D eigenvalue weighted by atomic mass is 19.4. The van der Waals surface area contributed by atoms with E-state index in [2.05, 4.69) is 15.6 Å². The van der Waals surface area contributed by atoms with Gasteiger partial charge in [-0.15, -0.1) is 0 Å². The van der Waals surface area contributed by atoms with Crippen molar-refractivity contribution < 1.29 is 13.2 Å². The first-order valence-corrected chi connectivity index (χ1v) is 7.59. The Morgan fingerprint density at radius 3 is 2.55 bits per heavy atom. The van der Waals surface area contributed by atoms with Gasteiger partial charge in [0.05, 0.1) is 5.56 Å². The van der Waals surface area contributed by atoms with E-state index in [0.29, 0.717) is 5.69 Å². The van der Waals surface area contributed by atoms with Crippen LogP contribution in [0.4, 0.5) is 18.9 Å². The number of nitrogens with zero attached hydrogens (tertiary/aromatic N) is 1. The largest absolute Gasteiger partial charge is 0.416 e. The Morgan fingerprint density at radius 1 is 1.27 bits per heavy atom. The van der Waals surface area contributed by atoms with Crippen LogP contribution in [0.2, 0.25) is 0 Å². The van der Waals surface area contributed by atoms with Crippen LogP contribution in [-0.4, -0.2) is 25.0 Å². The SMILES string of the molecule is CC(C)N=C(Nc1cccc(C(F)(F)F)c1)C1CCNCC1. The van der Waals surface area contributed by atoms with Gasteiger partial charge in [0.25, 0.3) is 0 Å². The fraction of sp³-hybridized carbons (Fsp3) is 0.562. The molecule has 0 bridgehead atoms. The van der Waals surface area contributed by atoms with Gasteiger partial charge in [-0.2, -0.15) is 13.2 Å². The molecule has 1 heterocycles. The van der Waals surface area contributed by atoms with E-state index in [4.69, 9.17) is 0 Å². The maximum absolute atomic E-state index is 12.8. The predicted molar refractivity (Wildman–Crippen MR) is 83.2 cm³/mol. The topological polar surface area (TPSA) is 36.4 Å². The molecule has 0 saturated carbocycles. The van der Waals surface area contributed by atoms with Crippen LogP contribution in [0.5, 0.6) is 0 Å². The predicted octanol–water partition coefficient (Wildman–Crippen LogP) is 3.92. The first kappa shape index (κ1) is 16.8. The first-order valence-electron chi connectivity index (χ1n) is 7.59. The van der Waals surface area contributed by atoms with Crippen molar-refractivity contribution in [1.29, 1.82) is 0 Å². The molecule has 0 aliphatic carbocycles. The lowest BCUT2D eigenvalue weighted by Crippen LogP contribution is -2.35. The van der Waals surface area contributed by atoms with E-state index in [-0.39, 0.29) is 12.0 Å². The summed E-state index contributed by atoms with van der Waals surface area (Å²) in [6.45, 7) is 5.75. The van der Waals surface area contributed by atoms with Crippen LogP contribution >= 0.6 is 0 Å². The number of piperidine rings is 1. The third-order valence-corrected chi connectivity index (χ3v) is 3.59. The average Bonchev–Trinajstić information content (AvgIpc) is 2.46. The summed E-state index contributed by atoms with van der Waals surface area (Å²) in [7, 11) is 0. The van der Waals surface area contributed by atoms with E-state index in [0.717, 1.165) is 43.9 Å². The highest BCUT2D eigenvalue weighted by Crippen LogP contribution is 2.31. The number of halogens is 3. The monoisotopic (exact) mass is 313 g/mol. The summed E-state index contributed by atoms with van der Waals surface area (Å²) in [5.74, 6) is 1.05. The standard InChI is InChI=1S/C16H22F3N3/c1-11(2)21-15(12-6-8-20-9-7-12)22-14-5-3-4-13(10-14)16(17,18)19/h3-5,10-12,20H,6-9H2,1-2H3,(H,21,22). The minimum Gasteiger partial charge on any atom is -0.344 e. The smallest absolute Gasteiger partial charge is 0.344 e. The lowest BCUT2D eigenvalue weighted by Gasteiger charge is -2.26. The van der Waals surface area contributed by atoms with Crippen molar-refractivity contribution in [1.82, 2.24) is 5.32 Å². The first-order chi connectivity index (χ1) is 10.4. The van der Waals surface area contributed by atoms with Gasteiger partial charge in [-0.25, -0.2) is 0 Å². The molecule has 22 heavy (non-hydrogen) atoms. The molecular weight excluding hydrogens is 291 g/mol. The lowest BCUT2D eigenvalue weighted by atomic mass is 9.96. The normalized spacial score (nSPS) is 17.8. The molecule has 0 unspecified atom stereocenters. The Kier molecular flexibility index (Phi) is 5.45. The van der Waals surface area contributed by atoms with Gasteiger partial charge in [-0.1, -0.05) is 6.07 Å². The van der Waals surface area contributed by atoms with E-state index in [1.165, 1.54) is 6.07 Å². The average molecular weight is 313 g/mol. The molecule has 0 spiro atoms. The van der Waals surface area contributed by atoms with E-state index in [9.17, 15) is 13.2 Å². The summed E-state index contributed by atoms with van der Waals surface area (Å²) in [6, 6.07) is 5.38. The second kappa shape index (κ2) is 7.13. The van der Waals surface area contributed by atoms with Crippen LogP contribution in [0, 0.1) is 5.92 Å². The summed E-state index contributed by atoms with van der Waals surface area (Å²) in [5, 5.41) is 6.40. The van der Waals surface area contributed by atoms with Crippen molar-refractivity contribution in [2.75, 3.05) is 18.4 Å². The minimum atomic E-state index is -4.33. The van der Waals surface area contributed by atoms with Crippen LogP contribution in [0.25, 0.3) is 0 Å². The molecule has 0 aromatic heterocycles. The zero-order chi connectivity index (χ0) is 16.2. The zero-order valence-electron chi connectivity index (χ0n) is 12.9. The van der Waals surface area contributed by atoms with Gasteiger partial charge in [-0.05, 0) is 58.0 Å². The molecule has 0 atom stereocenters. The summed E-state index contributed by atoms with van der Waals surface area (Å²) in [5.41, 5.74) is -0.209. The molecule has 1 aromatic rings. The molecule has 0 radical (unpaired) electrons. The number of rotatable bonds is 3.